The SMILES string of the molecule is CN[C@@H](C[C@H](C)C(Cl)Cl)C(=O)N(C)[C@@H](C[C@@H](C)C(Cl)Cl)C(=O)OC. The number of alkyl halides is 4. The number of methoxy groups -OCH3 is 1. The highest BCUT2D eigenvalue weighted by Gasteiger charge is 2.34. The lowest BCUT2D eigenvalue weighted by Crippen LogP contribution is -2.51. The van der Waals surface area contributed by atoms with Crippen LogP contribution in [0.4, 0.5) is 0 Å². The average Bonchev–Trinajstić information content (AvgIpc) is 2.54. The maximum absolute atomic E-state index is 12.7. The molecule has 5 nitrogen and oxygen atoms in total. The molecule has 0 aromatic carbocycles. The van der Waals surface area contributed by atoms with Gasteiger partial charge in [0.1, 0.15) is 15.7 Å². The Bertz CT molecular complexity index is 410. The highest BCUT2D eigenvalue weighted by molar-refractivity contribution is 6.44. The Balaban J connectivity index is 5.19. The van der Waals surface area contributed by atoms with E-state index in [1.807, 2.05) is 13.8 Å². The van der Waals surface area contributed by atoms with E-state index in [9.17, 15) is 9.59 Å². The van der Waals surface area contributed by atoms with Crippen molar-refractivity contribution in [3.63, 3.8) is 0 Å². The number of halogens is 4. The molecule has 4 atom stereocenters. The van der Waals surface area contributed by atoms with Crippen molar-refractivity contribution in [1.82, 2.24) is 10.2 Å². The summed E-state index contributed by atoms with van der Waals surface area (Å²) in [6, 6.07) is -1.29. The normalized spacial score (nSPS) is 16.6. The number of ether oxygens (including phenoxy) is 1. The van der Waals surface area contributed by atoms with E-state index in [4.69, 9.17) is 51.1 Å². The Labute approximate surface area is 164 Å². The molecular weight excluding hydrogens is 398 g/mol. The lowest BCUT2D eigenvalue weighted by atomic mass is 9.99. The molecule has 0 aromatic rings. The van der Waals surface area contributed by atoms with E-state index >= 15 is 0 Å². The number of rotatable bonds is 10. The molecule has 0 fully saturated rings. The van der Waals surface area contributed by atoms with E-state index in [0.29, 0.717) is 12.8 Å². The second-order valence-electron chi connectivity index (χ2n) is 5.92. The zero-order chi connectivity index (χ0) is 19.0. The topological polar surface area (TPSA) is 58.6 Å². The molecule has 0 spiro atoms. The van der Waals surface area contributed by atoms with Crippen molar-refractivity contribution in [1.29, 1.82) is 0 Å². The highest BCUT2D eigenvalue weighted by atomic mass is 35.5. The van der Waals surface area contributed by atoms with Crippen molar-refractivity contribution in [2.24, 2.45) is 11.8 Å². The predicted octanol–water partition coefficient (Wildman–Crippen LogP) is 3.23. The molecule has 0 unspecified atom stereocenters. The van der Waals surface area contributed by atoms with E-state index in [2.05, 4.69) is 5.32 Å². The molecule has 1 amide bonds. The van der Waals surface area contributed by atoms with Gasteiger partial charge < -0.3 is 15.0 Å². The number of nitrogens with zero attached hydrogens (tertiary/aromatic N) is 1. The Hall–Kier alpha value is 0.0600. The van der Waals surface area contributed by atoms with E-state index in [1.54, 1.807) is 14.1 Å². The predicted molar refractivity (Wildman–Crippen MR) is 100.0 cm³/mol. The third kappa shape index (κ3) is 7.52. The van der Waals surface area contributed by atoms with Crippen LogP contribution < -0.4 is 5.32 Å². The van der Waals surface area contributed by atoms with Gasteiger partial charge in [-0.1, -0.05) is 13.8 Å². The zero-order valence-corrected chi connectivity index (χ0v) is 17.6. The Kier molecular flexibility index (Phi) is 11.7. The third-order valence-electron chi connectivity index (χ3n) is 4.00. The first kappa shape index (κ1) is 24.1. The van der Waals surface area contributed by atoms with Crippen LogP contribution in [-0.2, 0) is 14.3 Å². The van der Waals surface area contributed by atoms with E-state index in [-0.39, 0.29) is 17.7 Å². The van der Waals surface area contributed by atoms with E-state index in [1.165, 1.54) is 12.0 Å². The zero-order valence-electron chi connectivity index (χ0n) is 14.6. The first-order valence-electron chi connectivity index (χ1n) is 7.64. The van der Waals surface area contributed by atoms with Crippen LogP contribution in [0.25, 0.3) is 0 Å². The molecule has 0 aliphatic rings. The fourth-order valence-corrected chi connectivity index (χ4v) is 2.63. The molecule has 24 heavy (non-hydrogen) atoms. The quantitative estimate of drug-likeness (QED) is 0.432. The number of hydrogen-bond acceptors (Lipinski definition) is 4. The number of carbonyl (C=O) groups is 2. The maximum atomic E-state index is 12.7. The summed E-state index contributed by atoms with van der Waals surface area (Å²) in [6.45, 7) is 3.66. The number of nitrogens with one attached hydrogen (secondary N) is 1. The Morgan fingerprint density at radius 3 is 1.88 bits per heavy atom. The molecule has 0 heterocycles. The van der Waals surface area contributed by atoms with E-state index in [0.717, 1.165) is 0 Å². The van der Waals surface area contributed by atoms with Crippen molar-refractivity contribution in [2.45, 2.75) is 48.4 Å². The van der Waals surface area contributed by atoms with E-state index < -0.39 is 27.7 Å². The monoisotopic (exact) mass is 422 g/mol. The highest BCUT2D eigenvalue weighted by Crippen LogP contribution is 2.24. The van der Waals surface area contributed by atoms with Gasteiger partial charge in [-0.3, -0.25) is 4.79 Å². The van der Waals surface area contributed by atoms with Crippen LogP contribution in [0.5, 0.6) is 0 Å². The minimum atomic E-state index is -0.772. The minimum absolute atomic E-state index is 0.0892. The molecule has 0 saturated heterocycles. The molecule has 142 valence electrons. The number of likely N-dealkylation sites (N-methyl/N-ethyl adjacent to an activating group) is 2. The van der Waals surface area contributed by atoms with Gasteiger partial charge in [0.2, 0.25) is 5.91 Å². The third-order valence-corrected chi connectivity index (χ3v) is 5.72. The second kappa shape index (κ2) is 11.6. The average molecular weight is 424 g/mol. The van der Waals surface area contributed by atoms with Crippen LogP contribution in [-0.4, -0.2) is 59.7 Å². The number of hydrogen-bond donors (Lipinski definition) is 1. The summed E-state index contributed by atoms with van der Waals surface area (Å²) in [7, 11) is 4.51. The smallest absolute Gasteiger partial charge is 0.328 e. The summed E-state index contributed by atoms with van der Waals surface area (Å²) in [5.41, 5.74) is 0. The van der Waals surface area contributed by atoms with Crippen LogP contribution in [0.2, 0.25) is 0 Å². The van der Waals surface area contributed by atoms with Crippen molar-refractivity contribution in [3.8, 4) is 0 Å². The van der Waals surface area contributed by atoms with Gasteiger partial charge in [-0.05, 0) is 31.7 Å². The second-order valence-corrected chi connectivity index (χ2v) is 8.25. The maximum Gasteiger partial charge on any atom is 0.328 e. The molecule has 0 bridgehead atoms. The molecule has 9 heteroatoms. The summed E-state index contributed by atoms with van der Waals surface area (Å²) >= 11 is 23.5. The largest absolute Gasteiger partial charge is 0.467 e. The van der Waals surface area contributed by atoms with Gasteiger partial charge >= 0.3 is 5.97 Å². The molecule has 0 aromatic heterocycles. The van der Waals surface area contributed by atoms with Gasteiger partial charge in [0, 0.05) is 7.05 Å². The number of esters is 1. The lowest BCUT2D eigenvalue weighted by Gasteiger charge is -2.32. The molecule has 0 aliphatic carbocycles. The Morgan fingerprint density at radius 1 is 1.04 bits per heavy atom. The Morgan fingerprint density at radius 2 is 1.50 bits per heavy atom. The standard InChI is InChI=1S/C15H26Cl4N2O3/c1-8(12(16)17)6-10(20-3)14(22)21(4)11(15(23)24-5)7-9(2)13(18)19/h8-13,20H,6-7H2,1-5H3/t8-,9+,10-,11-/m0/s1. The van der Waals surface area contributed by atoms with Gasteiger partial charge in [-0.25, -0.2) is 4.79 Å². The fourth-order valence-electron chi connectivity index (χ4n) is 2.22. The summed E-state index contributed by atoms with van der Waals surface area (Å²) in [5, 5.41) is 2.94. The summed E-state index contributed by atoms with van der Waals surface area (Å²) < 4.78 is 4.82. The minimum Gasteiger partial charge on any atom is -0.467 e. The van der Waals surface area contributed by atoms with Gasteiger partial charge in [0.25, 0.3) is 0 Å². The fraction of sp³-hybridized carbons (Fsp3) is 0.867. The van der Waals surface area contributed by atoms with Crippen LogP contribution in [0, 0.1) is 11.8 Å². The molecule has 0 aliphatic heterocycles. The summed E-state index contributed by atoms with van der Waals surface area (Å²) in [5.74, 6) is -1.04. The van der Waals surface area contributed by atoms with Crippen LogP contribution >= 0.6 is 46.4 Å². The van der Waals surface area contributed by atoms with Crippen molar-refractivity contribution >= 4 is 58.3 Å². The van der Waals surface area contributed by atoms with Crippen LogP contribution in [0.1, 0.15) is 26.7 Å². The van der Waals surface area contributed by atoms with Gasteiger partial charge in [-0.2, -0.15) is 0 Å². The summed E-state index contributed by atoms with van der Waals surface area (Å²) in [6.07, 6.45) is 0.737. The number of amides is 1. The first-order valence-corrected chi connectivity index (χ1v) is 9.39. The molecule has 0 rings (SSSR count). The van der Waals surface area contributed by atoms with Crippen molar-refractivity contribution in [2.75, 3.05) is 21.2 Å². The molecule has 0 saturated carbocycles. The van der Waals surface area contributed by atoms with Gasteiger partial charge in [0.05, 0.1) is 13.2 Å². The van der Waals surface area contributed by atoms with Gasteiger partial charge in [0.15, 0.2) is 0 Å². The summed E-state index contributed by atoms with van der Waals surface area (Å²) in [4.78, 5) is 25.0. The van der Waals surface area contributed by atoms with Gasteiger partial charge in [-0.15, -0.1) is 46.4 Å². The van der Waals surface area contributed by atoms with Crippen molar-refractivity contribution < 1.29 is 14.3 Å². The first-order chi connectivity index (χ1) is 11.1. The van der Waals surface area contributed by atoms with Crippen LogP contribution in [0.3, 0.4) is 0 Å². The molecule has 1 N–H and O–H groups in total. The molecular formula is C15H26Cl4N2O3. The number of carbonyl (C=O) groups excluding carboxylic acids is 2. The molecule has 0 radical (unpaired) electrons. The lowest BCUT2D eigenvalue weighted by molar-refractivity contribution is -0.153. The van der Waals surface area contributed by atoms with Crippen LogP contribution in [0.15, 0.2) is 0 Å². The van der Waals surface area contributed by atoms with Crippen molar-refractivity contribution in [3.05, 3.63) is 0 Å².